The second-order valence-corrected chi connectivity index (χ2v) is 5.99. The summed E-state index contributed by atoms with van der Waals surface area (Å²) in [6, 6.07) is 14.6. The normalized spacial score (nSPS) is 11.0. The molecule has 2 aromatic carbocycles. The Bertz CT molecular complexity index is 1220. The molecule has 0 aliphatic heterocycles. The monoisotopic (exact) mass is 366 g/mol. The van der Waals surface area contributed by atoms with E-state index >= 15 is 0 Å². The third-order valence-electron chi connectivity index (χ3n) is 4.01. The molecule has 0 unspecified atom stereocenters. The van der Waals surface area contributed by atoms with Gasteiger partial charge in [0.15, 0.2) is 0 Å². The smallest absolute Gasteiger partial charge is 0.360 e. The molecule has 0 fully saturated rings. The largest absolute Gasteiger partial charge is 0.497 e. The van der Waals surface area contributed by atoms with Crippen LogP contribution in [0, 0.1) is 11.7 Å². The van der Waals surface area contributed by atoms with Crippen LogP contribution in [0.1, 0.15) is 5.56 Å². The number of fused-ring (bicyclic) bond motifs is 1. The van der Waals surface area contributed by atoms with E-state index in [0.717, 1.165) is 10.1 Å². The maximum absolute atomic E-state index is 12.9. The van der Waals surface area contributed by atoms with Crippen molar-refractivity contribution in [3.05, 3.63) is 69.3 Å². The molecule has 0 bridgehead atoms. The zero-order valence-electron chi connectivity index (χ0n) is 14.0. The maximum atomic E-state index is 12.9. The molecule has 4 rings (SSSR count). The minimum absolute atomic E-state index is 0.0515. The molecule has 0 amide bonds. The van der Waals surface area contributed by atoms with E-state index in [0.29, 0.717) is 17.0 Å². The molecule has 0 radical (unpaired) electrons. The standard InChI is InChI=1S/C18H14N4O3S/c1-11-5-3-4-6-14(11)21-17(26)19-16-22(18(21)23)20-15(25-16)12-7-9-13(24-2)10-8-12/h3-10H,1-2H3. The molecule has 0 aliphatic rings. The summed E-state index contributed by atoms with van der Waals surface area (Å²) in [5.41, 5.74) is 1.83. The lowest BCUT2D eigenvalue weighted by molar-refractivity contribution is 0.415. The first-order valence-corrected chi connectivity index (χ1v) is 8.22. The summed E-state index contributed by atoms with van der Waals surface area (Å²) in [5.74, 6) is 1.04. The lowest BCUT2D eigenvalue weighted by atomic mass is 10.2. The molecule has 4 aromatic rings. The summed E-state index contributed by atoms with van der Waals surface area (Å²) in [4.78, 5) is 17.1. The molecule has 8 heteroatoms. The molecule has 7 nitrogen and oxygen atoms in total. The van der Waals surface area contributed by atoms with Crippen LogP contribution in [-0.2, 0) is 0 Å². The number of hydrogen-bond donors (Lipinski definition) is 0. The minimum atomic E-state index is -0.433. The van der Waals surface area contributed by atoms with E-state index in [1.807, 2.05) is 31.2 Å². The van der Waals surface area contributed by atoms with Gasteiger partial charge in [-0.25, -0.2) is 9.36 Å². The van der Waals surface area contributed by atoms with E-state index in [1.54, 1.807) is 31.4 Å². The van der Waals surface area contributed by atoms with Crippen LogP contribution in [0.4, 0.5) is 0 Å². The fourth-order valence-electron chi connectivity index (χ4n) is 2.66. The molecule has 0 saturated carbocycles. The number of aromatic nitrogens is 4. The Labute approximate surface area is 153 Å². The van der Waals surface area contributed by atoms with Crippen molar-refractivity contribution in [2.45, 2.75) is 6.92 Å². The van der Waals surface area contributed by atoms with Crippen molar-refractivity contribution in [2.75, 3.05) is 7.11 Å². The summed E-state index contributed by atoms with van der Waals surface area (Å²) in [6.45, 7) is 1.90. The van der Waals surface area contributed by atoms with Crippen LogP contribution in [0.5, 0.6) is 5.75 Å². The number of hydrogen-bond acceptors (Lipinski definition) is 6. The van der Waals surface area contributed by atoms with Gasteiger partial charge in [-0.15, -0.1) is 9.61 Å². The predicted molar refractivity (Wildman–Crippen MR) is 98.4 cm³/mol. The molecule has 26 heavy (non-hydrogen) atoms. The third-order valence-corrected chi connectivity index (χ3v) is 4.28. The van der Waals surface area contributed by atoms with Crippen molar-refractivity contribution in [1.82, 2.24) is 19.2 Å². The molecule has 0 aliphatic carbocycles. The third kappa shape index (κ3) is 2.60. The highest BCUT2D eigenvalue weighted by atomic mass is 32.1. The Balaban J connectivity index is 1.92. The topological polar surface area (TPSA) is 74.6 Å². The minimum Gasteiger partial charge on any atom is -0.497 e. The highest BCUT2D eigenvalue weighted by Gasteiger charge is 2.15. The van der Waals surface area contributed by atoms with Crippen LogP contribution >= 0.6 is 12.2 Å². The second-order valence-electron chi connectivity index (χ2n) is 5.63. The Hall–Kier alpha value is -3.26. The molecule has 0 spiro atoms. The Morgan fingerprint density at radius 2 is 1.85 bits per heavy atom. The first-order valence-electron chi connectivity index (χ1n) is 7.82. The van der Waals surface area contributed by atoms with Gasteiger partial charge < -0.3 is 9.15 Å². The average molecular weight is 366 g/mol. The van der Waals surface area contributed by atoms with Crippen molar-refractivity contribution in [2.24, 2.45) is 0 Å². The van der Waals surface area contributed by atoms with Gasteiger partial charge in [0.1, 0.15) is 5.75 Å². The quantitative estimate of drug-likeness (QED) is 0.519. The van der Waals surface area contributed by atoms with Gasteiger partial charge in [-0.05, 0) is 55.0 Å². The lowest BCUT2D eigenvalue weighted by Crippen LogP contribution is -2.28. The van der Waals surface area contributed by atoms with Crippen molar-refractivity contribution < 1.29 is 9.15 Å². The highest BCUT2D eigenvalue weighted by molar-refractivity contribution is 7.71. The Morgan fingerprint density at radius 3 is 2.54 bits per heavy atom. The number of nitrogens with zero attached hydrogens (tertiary/aromatic N) is 4. The van der Waals surface area contributed by atoms with Crippen molar-refractivity contribution in [1.29, 1.82) is 0 Å². The van der Waals surface area contributed by atoms with Crippen LogP contribution in [0.2, 0.25) is 0 Å². The number of rotatable bonds is 3. The number of methoxy groups -OCH3 is 1. The van der Waals surface area contributed by atoms with Gasteiger partial charge >= 0.3 is 11.5 Å². The maximum Gasteiger partial charge on any atom is 0.360 e. The van der Waals surface area contributed by atoms with Gasteiger partial charge in [0.05, 0.1) is 12.8 Å². The van der Waals surface area contributed by atoms with Crippen LogP contribution in [-0.4, -0.2) is 26.3 Å². The second kappa shape index (κ2) is 6.23. The van der Waals surface area contributed by atoms with Gasteiger partial charge in [0.25, 0.3) is 0 Å². The number of aryl methyl sites for hydroxylation is 1. The first-order chi connectivity index (χ1) is 12.6. The molecular formula is C18H14N4O3S. The van der Waals surface area contributed by atoms with E-state index in [9.17, 15) is 4.79 Å². The highest BCUT2D eigenvalue weighted by Crippen LogP contribution is 2.21. The molecule has 0 saturated heterocycles. The SMILES string of the molecule is COc1ccc(-c2nn3c(=O)n(-c4ccccc4C)c(=S)nc3o2)cc1. The van der Waals surface area contributed by atoms with Gasteiger partial charge in [0.2, 0.25) is 10.7 Å². The molecular weight excluding hydrogens is 352 g/mol. The van der Waals surface area contributed by atoms with Gasteiger partial charge in [-0.2, -0.15) is 4.98 Å². The van der Waals surface area contributed by atoms with Crippen molar-refractivity contribution in [3.8, 4) is 22.9 Å². The Kier molecular flexibility index (Phi) is 3.89. The molecule has 130 valence electrons. The van der Waals surface area contributed by atoms with Gasteiger partial charge in [-0.3, -0.25) is 0 Å². The summed E-state index contributed by atoms with van der Waals surface area (Å²) < 4.78 is 13.3. The molecule has 0 atom stereocenters. The summed E-state index contributed by atoms with van der Waals surface area (Å²) in [6.07, 6.45) is 0. The molecule has 0 N–H and O–H groups in total. The summed E-state index contributed by atoms with van der Waals surface area (Å²) in [5, 5.41) is 4.26. The summed E-state index contributed by atoms with van der Waals surface area (Å²) >= 11 is 5.30. The van der Waals surface area contributed by atoms with Crippen molar-refractivity contribution in [3.63, 3.8) is 0 Å². The fourth-order valence-corrected chi connectivity index (χ4v) is 2.91. The number of benzene rings is 2. The summed E-state index contributed by atoms with van der Waals surface area (Å²) in [7, 11) is 1.59. The zero-order chi connectivity index (χ0) is 18.3. The number of para-hydroxylation sites is 1. The van der Waals surface area contributed by atoms with E-state index in [2.05, 4.69) is 10.1 Å². The van der Waals surface area contributed by atoms with Crippen LogP contribution < -0.4 is 10.4 Å². The van der Waals surface area contributed by atoms with Crippen LogP contribution in [0.3, 0.4) is 0 Å². The van der Waals surface area contributed by atoms with Gasteiger partial charge in [-0.1, -0.05) is 18.2 Å². The number of ether oxygens (including phenoxy) is 1. The predicted octanol–water partition coefficient (Wildman–Crippen LogP) is 3.19. The van der Waals surface area contributed by atoms with E-state index in [-0.39, 0.29) is 16.5 Å². The van der Waals surface area contributed by atoms with Gasteiger partial charge in [0, 0.05) is 5.56 Å². The van der Waals surface area contributed by atoms with E-state index < -0.39 is 5.69 Å². The first kappa shape index (κ1) is 16.2. The fraction of sp³-hybridized carbons (Fsp3) is 0.111. The molecule has 2 aromatic heterocycles. The Morgan fingerprint density at radius 1 is 1.12 bits per heavy atom. The van der Waals surface area contributed by atoms with E-state index in [4.69, 9.17) is 21.4 Å². The van der Waals surface area contributed by atoms with Crippen LogP contribution in [0.25, 0.3) is 23.0 Å². The molecule has 2 heterocycles. The average Bonchev–Trinajstić information content (AvgIpc) is 3.07. The van der Waals surface area contributed by atoms with Crippen LogP contribution in [0.15, 0.2) is 57.7 Å². The zero-order valence-corrected chi connectivity index (χ0v) is 14.9. The van der Waals surface area contributed by atoms with Crippen molar-refractivity contribution >= 4 is 18.1 Å². The van der Waals surface area contributed by atoms with E-state index in [1.165, 1.54) is 4.57 Å². The lowest BCUT2D eigenvalue weighted by Gasteiger charge is -2.07.